The van der Waals surface area contributed by atoms with Crippen LogP contribution in [0.5, 0.6) is 5.75 Å². The Morgan fingerprint density at radius 1 is 1.08 bits per heavy atom. The summed E-state index contributed by atoms with van der Waals surface area (Å²) in [6.07, 6.45) is 1.83. The molecule has 0 unspecified atom stereocenters. The summed E-state index contributed by atoms with van der Waals surface area (Å²) in [6.45, 7) is 3.31. The molecule has 1 amide bonds. The minimum atomic E-state index is -0.237. The topological polar surface area (TPSA) is 38.3 Å². The van der Waals surface area contributed by atoms with Gasteiger partial charge < -0.3 is 10.1 Å². The van der Waals surface area contributed by atoms with E-state index in [0.717, 1.165) is 24.2 Å². The first kappa shape index (κ1) is 19.3. The van der Waals surface area contributed by atoms with Gasteiger partial charge in [0.05, 0.1) is 12.4 Å². The molecule has 2 rings (SSSR count). The predicted octanol–water partition coefficient (Wildman–Crippen LogP) is 4.21. The van der Waals surface area contributed by atoms with Crippen LogP contribution in [-0.4, -0.2) is 24.8 Å². The number of nitrogens with one attached hydrogen (secondary N) is 1. The van der Waals surface area contributed by atoms with Crippen molar-refractivity contribution in [1.82, 2.24) is 5.32 Å². The second-order valence-corrected chi connectivity index (χ2v) is 6.64. The van der Waals surface area contributed by atoms with E-state index in [1.54, 1.807) is 12.1 Å². The molecule has 2 aromatic carbocycles. The number of rotatable bonds is 10. The van der Waals surface area contributed by atoms with E-state index in [2.05, 4.69) is 17.4 Å². The number of benzene rings is 2. The van der Waals surface area contributed by atoms with Crippen molar-refractivity contribution in [2.24, 2.45) is 0 Å². The molecule has 0 spiro atoms. The van der Waals surface area contributed by atoms with Crippen molar-refractivity contribution < 1.29 is 13.9 Å². The number of hydrogen-bond acceptors (Lipinski definition) is 3. The van der Waals surface area contributed by atoms with Gasteiger partial charge in [-0.3, -0.25) is 4.79 Å². The standard InChI is InChI=1S/C20H24FNO2S/c1-2-24-19-11-7-16(8-12-19)4-3-13-22-20(23)15-25-14-17-5-9-18(21)10-6-17/h5-12H,2-4,13-15H2,1H3,(H,22,23). The molecule has 25 heavy (non-hydrogen) atoms. The van der Waals surface area contributed by atoms with Gasteiger partial charge >= 0.3 is 0 Å². The molecule has 0 saturated carbocycles. The lowest BCUT2D eigenvalue weighted by Gasteiger charge is -2.07. The average Bonchev–Trinajstić information content (AvgIpc) is 2.62. The van der Waals surface area contributed by atoms with Crippen molar-refractivity contribution in [1.29, 1.82) is 0 Å². The van der Waals surface area contributed by atoms with Gasteiger partial charge in [0.25, 0.3) is 0 Å². The molecule has 134 valence electrons. The molecule has 3 nitrogen and oxygen atoms in total. The minimum Gasteiger partial charge on any atom is -0.494 e. The van der Waals surface area contributed by atoms with Gasteiger partial charge in [0.1, 0.15) is 11.6 Å². The first-order valence-electron chi connectivity index (χ1n) is 8.48. The van der Waals surface area contributed by atoms with Crippen LogP contribution in [-0.2, 0) is 17.0 Å². The predicted molar refractivity (Wildman–Crippen MR) is 102 cm³/mol. The lowest BCUT2D eigenvalue weighted by Crippen LogP contribution is -2.26. The number of carbonyl (C=O) groups is 1. The van der Waals surface area contributed by atoms with Crippen molar-refractivity contribution in [3.8, 4) is 5.75 Å². The Kier molecular flexibility index (Phi) is 8.32. The molecule has 0 heterocycles. The summed E-state index contributed by atoms with van der Waals surface area (Å²) < 4.78 is 18.2. The van der Waals surface area contributed by atoms with E-state index in [0.29, 0.717) is 24.7 Å². The van der Waals surface area contributed by atoms with Gasteiger partial charge in [0.15, 0.2) is 0 Å². The number of carbonyl (C=O) groups excluding carboxylic acids is 1. The summed E-state index contributed by atoms with van der Waals surface area (Å²) in [5.74, 6) is 1.82. The largest absolute Gasteiger partial charge is 0.494 e. The summed E-state index contributed by atoms with van der Waals surface area (Å²) in [4.78, 5) is 11.8. The first-order chi connectivity index (χ1) is 12.2. The van der Waals surface area contributed by atoms with Crippen LogP contribution in [0.25, 0.3) is 0 Å². The van der Waals surface area contributed by atoms with Crippen molar-refractivity contribution >= 4 is 17.7 Å². The molecule has 0 saturated heterocycles. The molecular formula is C20H24FNO2S. The lowest BCUT2D eigenvalue weighted by molar-refractivity contribution is -0.118. The van der Waals surface area contributed by atoms with Crippen molar-refractivity contribution in [2.45, 2.75) is 25.5 Å². The van der Waals surface area contributed by atoms with E-state index in [4.69, 9.17) is 4.74 Å². The lowest BCUT2D eigenvalue weighted by atomic mass is 10.1. The number of thioether (sulfide) groups is 1. The average molecular weight is 361 g/mol. The van der Waals surface area contributed by atoms with Gasteiger partial charge in [-0.1, -0.05) is 24.3 Å². The van der Waals surface area contributed by atoms with Crippen LogP contribution in [0.15, 0.2) is 48.5 Å². The highest BCUT2D eigenvalue weighted by atomic mass is 32.2. The Morgan fingerprint density at radius 3 is 2.44 bits per heavy atom. The molecule has 0 aliphatic rings. The van der Waals surface area contributed by atoms with E-state index < -0.39 is 0 Å². The van der Waals surface area contributed by atoms with Gasteiger partial charge in [-0.05, 0) is 55.2 Å². The smallest absolute Gasteiger partial charge is 0.230 e. The maximum absolute atomic E-state index is 12.8. The highest BCUT2D eigenvalue weighted by Gasteiger charge is 2.02. The maximum atomic E-state index is 12.8. The number of hydrogen-bond donors (Lipinski definition) is 1. The Morgan fingerprint density at radius 2 is 1.76 bits per heavy atom. The van der Waals surface area contributed by atoms with Gasteiger partial charge in [0.2, 0.25) is 5.91 Å². The molecule has 0 aliphatic heterocycles. The minimum absolute atomic E-state index is 0.0406. The first-order valence-corrected chi connectivity index (χ1v) is 9.63. The van der Waals surface area contributed by atoms with Crippen LogP contribution >= 0.6 is 11.8 Å². The SMILES string of the molecule is CCOc1ccc(CCCNC(=O)CSCc2ccc(F)cc2)cc1. The number of halogens is 1. The van der Waals surface area contributed by atoms with E-state index in [9.17, 15) is 9.18 Å². The van der Waals surface area contributed by atoms with E-state index in [-0.39, 0.29) is 11.7 Å². The van der Waals surface area contributed by atoms with Crippen LogP contribution < -0.4 is 10.1 Å². The Labute approximate surface area is 153 Å². The van der Waals surface area contributed by atoms with Crippen molar-refractivity contribution in [3.63, 3.8) is 0 Å². The van der Waals surface area contributed by atoms with E-state index in [1.165, 1.54) is 29.5 Å². The summed E-state index contributed by atoms with van der Waals surface area (Å²) in [5.41, 5.74) is 2.26. The van der Waals surface area contributed by atoms with Gasteiger partial charge in [-0.15, -0.1) is 11.8 Å². The van der Waals surface area contributed by atoms with Crippen LogP contribution in [0.2, 0.25) is 0 Å². The van der Waals surface area contributed by atoms with Crippen molar-refractivity contribution in [2.75, 3.05) is 18.9 Å². The van der Waals surface area contributed by atoms with Crippen LogP contribution in [0.3, 0.4) is 0 Å². The second-order valence-electron chi connectivity index (χ2n) is 5.65. The van der Waals surface area contributed by atoms with Gasteiger partial charge in [-0.25, -0.2) is 4.39 Å². The molecule has 0 aromatic heterocycles. The fraction of sp³-hybridized carbons (Fsp3) is 0.350. The third kappa shape index (κ3) is 7.61. The molecule has 0 radical (unpaired) electrons. The molecule has 2 aromatic rings. The monoisotopic (exact) mass is 361 g/mol. The Hall–Kier alpha value is -2.01. The van der Waals surface area contributed by atoms with Crippen LogP contribution in [0.4, 0.5) is 4.39 Å². The highest BCUT2D eigenvalue weighted by molar-refractivity contribution is 7.99. The third-order valence-electron chi connectivity index (χ3n) is 3.61. The maximum Gasteiger partial charge on any atom is 0.230 e. The summed E-state index contributed by atoms with van der Waals surface area (Å²) in [7, 11) is 0. The highest BCUT2D eigenvalue weighted by Crippen LogP contribution is 2.14. The van der Waals surface area contributed by atoms with Gasteiger partial charge in [0, 0.05) is 12.3 Å². The summed E-state index contributed by atoms with van der Waals surface area (Å²) in [6, 6.07) is 14.5. The number of aryl methyl sites for hydroxylation is 1. The molecular weight excluding hydrogens is 337 g/mol. The molecule has 0 fully saturated rings. The zero-order chi connectivity index (χ0) is 17.9. The number of ether oxygens (including phenoxy) is 1. The van der Waals surface area contributed by atoms with E-state index >= 15 is 0 Å². The zero-order valence-corrected chi connectivity index (χ0v) is 15.3. The fourth-order valence-electron chi connectivity index (χ4n) is 2.33. The van der Waals surface area contributed by atoms with Gasteiger partial charge in [-0.2, -0.15) is 0 Å². The van der Waals surface area contributed by atoms with Crippen molar-refractivity contribution in [3.05, 3.63) is 65.5 Å². The van der Waals surface area contributed by atoms with E-state index in [1.807, 2.05) is 19.1 Å². The molecule has 1 N–H and O–H groups in total. The molecule has 0 aliphatic carbocycles. The van der Waals surface area contributed by atoms with Crippen LogP contribution in [0.1, 0.15) is 24.5 Å². The molecule has 0 bridgehead atoms. The Bertz CT molecular complexity index is 644. The zero-order valence-electron chi connectivity index (χ0n) is 14.5. The normalized spacial score (nSPS) is 10.5. The summed E-state index contributed by atoms with van der Waals surface area (Å²) >= 11 is 1.53. The molecule has 0 atom stereocenters. The molecule has 5 heteroatoms. The quantitative estimate of drug-likeness (QED) is 0.644. The Balaban J connectivity index is 1.56. The second kappa shape index (κ2) is 10.8. The summed E-state index contributed by atoms with van der Waals surface area (Å²) in [5, 5.41) is 2.94. The number of amides is 1. The fourth-order valence-corrected chi connectivity index (χ4v) is 3.15. The van der Waals surface area contributed by atoms with Crippen LogP contribution in [0, 0.1) is 5.82 Å². The third-order valence-corrected chi connectivity index (χ3v) is 4.62.